The molecule has 0 atom stereocenters. The van der Waals surface area contributed by atoms with Gasteiger partial charge in [-0.05, 0) is 42.2 Å². The Morgan fingerprint density at radius 3 is 2.62 bits per heavy atom. The molecule has 2 rings (SSSR count). The highest BCUT2D eigenvalue weighted by molar-refractivity contribution is 5.53. The number of pyridine rings is 1. The van der Waals surface area contributed by atoms with Crippen LogP contribution in [0.1, 0.15) is 11.1 Å². The predicted molar refractivity (Wildman–Crippen MR) is 64.2 cm³/mol. The zero-order valence-electron chi connectivity index (χ0n) is 8.93. The Balaban J connectivity index is 2.03. The first-order chi connectivity index (χ1) is 7.75. The van der Waals surface area contributed by atoms with Crippen molar-refractivity contribution in [3.8, 4) is 5.75 Å². The molecule has 0 amide bonds. The summed E-state index contributed by atoms with van der Waals surface area (Å²) in [6, 6.07) is 9.32. The first-order valence-electron chi connectivity index (χ1n) is 5.22. The number of aromatic hydroxyl groups is 1. The summed E-state index contributed by atoms with van der Waals surface area (Å²) >= 11 is 0. The van der Waals surface area contributed by atoms with Crippen molar-refractivity contribution in [1.29, 1.82) is 0 Å². The third-order valence-corrected chi connectivity index (χ3v) is 2.52. The van der Waals surface area contributed by atoms with E-state index in [1.54, 1.807) is 12.3 Å². The first kappa shape index (κ1) is 10.5. The number of rotatable bonds is 3. The predicted octanol–water partition coefficient (Wildman–Crippen LogP) is 2.15. The molecule has 2 aromatic rings. The third kappa shape index (κ3) is 2.51. The summed E-state index contributed by atoms with van der Waals surface area (Å²) in [5.74, 6) is 0.144. The molecule has 0 aliphatic heterocycles. The Hall–Kier alpha value is -2.03. The minimum atomic E-state index is 0.144. The van der Waals surface area contributed by atoms with E-state index in [0.29, 0.717) is 5.69 Å². The number of aromatic nitrogens is 1. The minimum absolute atomic E-state index is 0.144. The Kier molecular flexibility index (Phi) is 3.05. The number of nitrogens with zero attached hydrogens (tertiary/aromatic N) is 1. The van der Waals surface area contributed by atoms with Crippen molar-refractivity contribution < 1.29 is 5.11 Å². The van der Waals surface area contributed by atoms with E-state index in [2.05, 4.69) is 11.1 Å². The molecule has 0 saturated carbocycles. The van der Waals surface area contributed by atoms with Gasteiger partial charge in [0.2, 0.25) is 0 Å². The number of phenolic OH excluding ortho intramolecular Hbond substituents is 1. The van der Waals surface area contributed by atoms with Crippen LogP contribution in [0.3, 0.4) is 0 Å². The molecule has 3 N–H and O–H groups in total. The SMILES string of the molecule is Nc1cc(CCc2cccnc2)ccc1O. The molecule has 3 nitrogen and oxygen atoms in total. The number of aryl methyl sites for hydroxylation is 2. The average molecular weight is 214 g/mol. The summed E-state index contributed by atoms with van der Waals surface area (Å²) in [4.78, 5) is 4.06. The highest BCUT2D eigenvalue weighted by Crippen LogP contribution is 2.21. The maximum Gasteiger partial charge on any atom is 0.138 e. The van der Waals surface area contributed by atoms with Crippen molar-refractivity contribution in [3.63, 3.8) is 0 Å². The molecule has 0 unspecified atom stereocenters. The fourth-order valence-corrected chi connectivity index (χ4v) is 1.59. The summed E-state index contributed by atoms with van der Waals surface area (Å²) < 4.78 is 0. The van der Waals surface area contributed by atoms with Gasteiger partial charge in [-0.2, -0.15) is 0 Å². The Morgan fingerprint density at radius 1 is 1.12 bits per heavy atom. The van der Waals surface area contributed by atoms with Gasteiger partial charge in [0.15, 0.2) is 0 Å². The van der Waals surface area contributed by atoms with Crippen molar-refractivity contribution in [3.05, 3.63) is 53.9 Å². The van der Waals surface area contributed by atoms with Crippen LogP contribution in [0.5, 0.6) is 5.75 Å². The van der Waals surface area contributed by atoms with Gasteiger partial charge in [0.1, 0.15) is 5.75 Å². The maximum atomic E-state index is 9.29. The van der Waals surface area contributed by atoms with E-state index < -0.39 is 0 Å². The molecule has 1 aromatic heterocycles. The molecular weight excluding hydrogens is 200 g/mol. The lowest BCUT2D eigenvalue weighted by molar-refractivity contribution is 0.478. The summed E-state index contributed by atoms with van der Waals surface area (Å²) in [6.45, 7) is 0. The average Bonchev–Trinajstić information content (AvgIpc) is 2.32. The smallest absolute Gasteiger partial charge is 0.138 e. The molecule has 0 aliphatic rings. The molecular formula is C13H14N2O. The Morgan fingerprint density at radius 2 is 1.94 bits per heavy atom. The molecule has 16 heavy (non-hydrogen) atoms. The Labute approximate surface area is 94.6 Å². The molecule has 0 fully saturated rings. The van der Waals surface area contributed by atoms with Crippen molar-refractivity contribution in [1.82, 2.24) is 4.98 Å². The van der Waals surface area contributed by atoms with Gasteiger partial charge in [0.25, 0.3) is 0 Å². The lowest BCUT2D eigenvalue weighted by Crippen LogP contribution is -1.94. The molecule has 3 heteroatoms. The summed E-state index contributed by atoms with van der Waals surface area (Å²) in [5.41, 5.74) is 8.39. The number of anilines is 1. The summed E-state index contributed by atoms with van der Waals surface area (Å²) in [7, 11) is 0. The monoisotopic (exact) mass is 214 g/mol. The molecule has 0 radical (unpaired) electrons. The lowest BCUT2D eigenvalue weighted by atomic mass is 10.1. The number of phenols is 1. The van der Waals surface area contributed by atoms with Crippen molar-refractivity contribution in [2.45, 2.75) is 12.8 Å². The molecule has 0 saturated heterocycles. The zero-order chi connectivity index (χ0) is 11.4. The Bertz CT molecular complexity index is 469. The molecule has 1 heterocycles. The summed E-state index contributed by atoms with van der Waals surface area (Å²) in [6.07, 6.45) is 5.46. The summed E-state index contributed by atoms with van der Waals surface area (Å²) in [5, 5.41) is 9.29. The van der Waals surface area contributed by atoms with Crippen LogP contribution in [0.2, 0.25) is 0 Å². The van der Waals surface area contributed by atoms with E-state index in [4.69, 9.17) is 5.73 Å². The van der Waals surface area contributed by atoms with E-state index in [1.807, 2.05) is 24.4 Å². The van der Waals surface area contributed by atoms with E-state index in [0.717, 1.165) is 18.4 Å². The molecule has 0 spiro atoms. The van der Waals surface area contributed by atoms with Gasteiger partial charge in [-0.25, -0.2) is 0 Å². The van der Waals surface area contributed by atoms with Gasteiger partial charge in [-0.15, -0.1) is 0 Å². The fraction of sp³-hybridized carbons (Fsp3) is 0.154. The first-order valence-corrected chi connectivity index (χ1v) is 5.22. The van der Waals surface area contributed by atoms with Crippen LogP contribution in [-0.4, -0.2) is 10.1 Å². The van der Waals surface area contributed by atoms with Crippen LogP contribution in [0.25, 0.3) is 0 Å². The van der Waals surface area contributed by atoms with Crippen molar-refractivity contribution >= 4 is 5.69 Å². The van der Waals surface area contributed by atoms with Crippen molar-refractivity contribution in [2.75, 3.05) is 5.73 Å². The number of hydrogen-bond acceptors (Lipinski definition) is 3. The standard InChI is InChI=1S/C13H14N2O/c14-12-8-10(5-6-13(12)16)3-4-11-2-1-7-15-9-11/h1-2,5-9,16H,3-4,14H2. The second-order valence-electron chi connectivity index (χ2n) is 3.75. The van der Waals surface area contributed by atoms with Crippen LogP contribution in [-0.2, 0) is 12.8 Å². The number of hydrogen-bond donors (Lipinski definition) is 2. The molecule has 1 aromatic carbocycles. The lowest BCUT2D eigenvalue weighted by Gasteiger charge is -2.04. The number of nitrogens with two attached hydrogens (primary N) is 1. The van der Waals surface area contributed by atoms with Gasteiger partial charge in [0, 0.05) is 12.4 Å². The highest BCUT2D eigenvalue weighted by Gasteiger charge is 1.99. The third-order valence-electron chi connectivity index (χ3n) is 2.52. The second-order valence-corrected chi connectivity index (χ2v) is 3.75. The fourth-order valence-electron chi connectivity index (χ4n) is 1.59. The van der Waals surface area contributed by atoms with Gasteiger partial charge in [-0.3, -0.25) is 4.98 Å². The van der Waals surface area contributed by atoms with E-state index in [1.165, 1.54) is 5.56 Å². The molecule has 0 aliphatic carbocycles. The van der Waals surface area contributed by atoms with Crippen LogP contribution < -0.4 is 5.73 Å². The molecule has 0 bridgehead atoms. The van der Waals surface area contributed by atoms with E-state index in [9.17, 15) is 5.11 Å². The van der Waals surface area contributed by atoms with Crippen molar-refractivity contribution in [2.24, 2.45) is 0 Å². The largest absolute Gasteiger partial charge is 0.506 e. The van der Waals surface area contributed by atoms with E-state index in [-0.39, 0.29) is 5.75 Å². The van der Waals surface area contributed by atoms with Crippen LogP contribution in [0.4, 0.5) is 5.69 Å². The second kappa shape index (κ2) is 4.66. The minimum Gasteiger partial charge on any atom is -0.506 e. The van der Waals surface area contributed by atoms with E-state index >= 15 is 0 Å². The van der Waals surface area contributed by atoms with Gasteiger partial charge in [0.05, 0.1) is 5.69 Å². The quantitative estimate of drug-likeness (QED) is 0.608. The van der Waals surface area contributed by atoms with Crippen LogP contribution >= 0.6 is 0 Å². The number of nitrogen functional groups attached to an aromatic ring is 1. The zero-order valence-corrected chi connectivity index (χ0v) is 8.93. The topological polar surface area (TPSA) is 59.1 Å². The van der Waals surface area contributed by atoms with Crippen LogP contribution in [0, 0.1) is 0 Å². The molecule has 82 valence electrons. The van der Waals surface area contributed by atoms with Crippen LogP contribution in [0.15, 0.2) is 42.7 Å². The maximum absolute atomic E-state index is 9.29. The normalized spacial score (nSPS) is 10.2. The highest BCUT2D eigenvalue weighted by atomic mass is 16.3. The van der Waals surface area contributed by atoms with Gasteiger partial charge >= 0.3 is 0 Å². The number of benzene rings is 1. The van der Waals surface area contributed by atoms with Gasteiger partial charge < -0.3 is 10.8 Å². The van der Waals surface area contributed by atoms with Gasteiger partial charge in [-0.1, -0.05) is 12.1 Å².